The van der Waals surface area contributed by atoms with Gasteiger partial charge in [0.05, 0.1) is 16.0 Å². The number of carbonyl (C=O) groups is 5. The molecule has 276 valence electrons. The summed E-state index contributed by atoms with van der Waals surface area (Å²) in [6.07, 6.45) is 5.96. The lowest BCUT2D eigenvalue weighted by Gasteiger charge is -2.46. The van der Waals surface area contributed by atoms with Crippen LogP contribution in [0.15, 0.2) is 0 Å². The number of hydrogen-bond donors (Lipinski definition) is 4. The van der Waals surface area contributed by atoms with Crippen molar-refractivity contribution in [3.63, 3.8) is 0 Å². The molecule has 12 nitrogen and oxygen atoms in total. The molecule has 0 unspecified atom stereocenters. The molecule has 1 aliphatic heterocycles. The summed E-state index contributed by atoms with van der Waals surface area (Å²) < 4.78 is 25.6. The SMILES string of the molecule is CC1CC(NC(=O)[C@@H]2[C@@H]3[C@H](CN2C(=O)[C@@H](NC(=O)NC2(CS(=O)(=O)C(C)(C)C)CCCCC2)C(C)(C)C)C3(C)C)(C(=O)C(=O)NC2CC2)C1. The minimum absolute atomic E-state index is 0.00702. The van der Waals surface area contributed by atoms with Crippen LogP contribution in [0.1, 0.15) is 120 Å². The fraction of sp³-hybridized carbons (Fsp3) is 0.861. The highest BCUT2D eigenvalue weighted by Gasteiger charge is 2.70. The largest absolute Gasteiger partial charge is 0.347 e. The molecule has 5 fully saturated rings. The van der Waals surface area contributed by atoms with E-state index < -0.39 is 72.7 Å². The zero-order chi connectivity index (χ0) is 36.5. The Morgan fingerprint density at radius 1 is 0.898 bits per heavy atom. The van der Waals surface area contributed by atoms with Crippen LogP contribution in [0, 0.1) is 28.6 Å². The van der Waals surface area contributed by atoms with E-state index in [1.807, 2.05) is 27.7 Å². The van der Waals surface area contributed by atoms with Crippen molar-refractivity contribution in [1.82, 2.24) is 26.2 Å². The molecule has 49 heavy (non-hydrogen) atoms. The summed E-state index contributed by atoms with van der Waals surface area (Å²) in [5, 5.41) is 11.6. The van der Waals surface area contributed by atoms with Crippen LogP contribution in [0.3, 0.4) is 0 Å². The monoisotopic (exact) mass is 705 g/mol. The topological polar surface area (TPSA) is 171 Å². The van der Waals surface area contributed by atoms with Gasteiger partial charge in [0.15, 0.2) is 9.84 Å². The molecule has 0 aromatic heterocycles. The van der Waals surface area contributed by atoms with Crippen LogP contribution >= 0.6 is 0 Å². The molecule has 5 aliphatic rings. The number of Topliss-reactive ketones (excluding diaryl/α,β-unsaturated/α-hetero) is 1. The van der Waals surface area contributed by atoms with Crippen molar-refractivity contribution < 1.29 is 32.4 Å². The van der Waals surface area contributed by atoms with E-state index in [0.29, 0.717) is 32.2 Å². The number of nitrogens with zero attached hydrogens (tertiary/aromatic N) is 1. The van der Waals surface area contributed by atoms with Crippen molar-refractivity contribution >= 4 is 39.4 Å². The first-order chi connectivity index (χ1) is 22.4. The second-order valence-corrected chi connectivity index (χ2v) is 21.4. The number of piperidine rings is 1. The molecule has 0 radical (unpaired) electrons. The number of urea groups is 1. The Kier molecular flexibility index (Phi) is 9.59. The zero-order valence-corrected chi connectivity index (χ0v) is 31.8. The lowest BCUT2D eigenvalue weighted by Crippen LogP contribution is -2.68. The van der Waals surface area contributed by atoms with E-state index in [9.17, 15) is 32.4 Å². The predicted molar refractivity (Wildman–Crippen MR) is 186 cm³/mol. The quantitative estimate of drug-likeness (QED) is 0.253. The summed E-state index contributed by atoms with van der Waals surface area (Å²) in [4.78, 5) is 70.3. The Hall–Kier alpha value is -2.70. The number of carbonyl (C=O) groups excluding carboxylic acids is 5. The van der Waals surface area contributed by atoms with Gasteiger partial charge in [0.2, 0.25) is 17.6 Å². The maximum atomic E-state index is 14.5. The Labute approximate surface area is 292 Å². The number of nitrogens with one attached hydrogen (secondary N) is 4. The molecule has 0 bridgehead atoms. The van der Waals surface area contributed by atoms with Crippen molar-refractivity contribution in [2.24, 2.45) is 28.6 Å². The maximum absolute atomic E-state index is 14.5. The molecule has 4 aliphatic carbocycles. The molecule has 4 saturated carbocycles. The third-order valence-corrected chi connectivity index (χ3v) is 14.8. The third-order valence-electron chi connectivity index (χ3n) is 12.0. The van der Waals surface area contributed by atoms with Crippen LogP contribution in [0.25, 0.3) is 0 Å². The molecule has 1 saturated heterocycles. The number of amides is 5. The van der Waals surface area contributed by atoms with Crippen LogP contribution in [0.4, 0.5) is 4.79 Å². The summed E-state index contributed by atoms with van der Waals surface area (Å²) in [7, 11) is -3.56. The van der Waals surface area contributed by atoms with Crippen LogP contribution in [0.5, 0.6) is 0 Å². The van der Waals surface area contributed by atoms with Gasteiger partial charge in [-0.15, -0.1) is 0 Å². The van der Waals surface area contributed by atoms with E-state index in [2.05, 4.69) is 35.1 Å². The number of rotatable bonds is 10. The predicted octanol–water partition coefficient (Wildman–Crippen LogP) is 3.23. The summed E-state index contributed by atoms with van der Waals surface area (Å²) in [5.41, 5.74) is -3.20. The smallest absolute Gasteiger partial charge is 0.315 e. The number of ketones is 1. The van der Waals surface area contributed by atoms with Crippen molar-refractivity contribution in [3.8, 4) is 0 Å². The molecule has 5 amide bonds. The number of likely N-dealkylation sites (tertiary alicyclic amines) is 1. The fourth-order valence-electron chi connectivity index (χ4n) is 8.63. The van der Waals surface area contributed by atoms with E-state index in [0.717, 1.165) is 32.1 Å². The highest BCUT2D eigenvalue weighted by atomic mass is 32.2. The van der Waals surface area contributed by atoms with Crippen molar-refractivity contribution in [1.29, 1.82) is 0 Å². The minimum Gasteiger partial charge on any atom is -0.347 e. The normalized spacial score (nSPS) is 31.0. The number of fused-ring (bicyclic) bond motifs is 1. The Morgan fingerprint density at radius 3 is 2.00 bits per heavy atom. The van der Waals surface area contributed by atoms with Gasteiger partial charge in [-0.3, -0.25) is 19.2 Å². The second-order valence-electron chi connectivity index (χ2n) is 18.7. The van der Waals surface area contributed by atoms with Crippen LogP contribution in [-0.4, -0.2) is 89.1 Å². The molecule has 0 spiro atoms. The Balaban J connectivity index is 1.35. The van der Waals surface area contributed by atoms with Crippen LogP contribution in [0.2, 0.25) is 0 Å². The summed E-state index contributed by atoms with van der Waals surface area (Å²) >= 11 is 0. The molecule has 0 aromatic rings. The average molecular weight is 706 g/mol. The number of hydrogen-bond acceptors (Lipinski definition) is 7. The second kappa shape index (κ2) is 12.5. The number of sulfone groups is 1. The Bertz CT molecular complexity index is 1480. The van der Waals surface area contributed by atoms with Gasteiger partial charge in [-0.1, -0.05) is 60.8 Å². The van der Waals surface area contributed by atoms with Gasteiger partial charge in [0.1, 0.15) is 17.6 Å². The van der Waals surface area contributed by atoms with Gasteiger partial charge in [0.25, 0.3) is 5.91 Å². The van der Waals surface area contributed by atoms with E-state index in [1.165, 1.54) is 0 Å². The molecule has 4 N–H and O–H groups in total. The van der Waals surface area contributed by atoms with Gasteiger partial charge in [-0.2, -0.15) is 0 Å². The summed E-state index contributed by atoms with van der Waals surface area (Å²) in [5.74, 6) is -2.25. The van der Waals surface area contributed by atoms with Gasteiger partial charge in [-0.05, 0) is 87.9 Å². The molecular formula is C36H59N5O7S. The molecule has 0 aromatic carbocycles. The van der Waals surface area contributed by atoms with E-state index in [-0.39, 0.29) is 35.0 Å². The zero-order valence-electron chi connectivity index (χ0n) is 31.0. The van der Waals surface area contributed by atoms with E-state index >= 15 is 0 Å². The average Bonchev–Trinajstić information content (AvgIpc) is 3.80. The van der Waals surface area contributed by atoms with Gasteiger partial charge in [-0.25, -0.2) is 13.2 Å². The van der Waals surface area contributed by atoms with Gasteiger partial charge >= 0.3 is 6.03 Å². The minimum atomic E-state index is -3.56. The first kappa shape index (κ1) is 37.6. The Morgan fingerprint density at radius 2 is 1.49 bits per heavy atom. The highest BCUT2D eigenvalue weighted by Crippen LogP contribution is 2.65. The van der Waals surface area contributed by atoms with Crippen molar-refractivity contribution in [2.45, 2.75) is 154 Å². The molecule has 5 rings (SSSR count). The fourth-order valence-corrected chi connectivity index (χ4v) is 10.2. The van der Waals surface area contributed by atoms with Gasteiger partial charge in [0, 0.05) is 12.6 Å². The van der Waals surface area contributed by atoms with E-state index in [1.54, 1.807) is 25.7 Å². The molecule has 1 heterocycles. The standard InChI is InChI=1S/C36H59N5O7S/c1-21-17-36(18-21,27(42)29(44)37-22-13-14-22)39-28(43)25-24-23(34(24,8)9)19-41(25)30(45)26(32(2,3)4)38-31(46)40-35(15-11-10-12-16-35)20-49(47,48)33(5,6)7/h21-26H,10-20H2,1-9H3,(H,37,44)(H,39,43)(H2,38,40,46)/t21?,23-,24-,25-,26+,36?/m0/s1. The van der Waals surface area contributed by atoms with E-state index in [4.69, 9.17) is 0 Å². The summed E-state index contributed by atoms with van der Waals surface area (Å²) in [6.45, 7) is 17.0. The first-order valence-corrected chi connectivity index (χ1v) is 19.9. The maximum Gasteiger partial charge on any atom is 0.315 e. The van der Waals surface area contributed by atoms with Crippen LogP contribution < -0.4 is 21.3 Å². The molecule has 4 atom stereocenters. The molecular weight excluding hydrogens is 646 g/mol. The molecule has 13 heteroatoms. The summed E-state index contributed by atoms with van der Waals surface area (Å²) in [6, 6.07) is -2.49. The third kappa shape index (κ3) is 7.38. The van der Waals surface area contributed by atoms with Gasteiger partial charge < -0.3 is 26.2 Å². The van der Waals surface area contributed by atoms with Crippen molar-refractivity contribution in [3.05, 3.63) is 0 Å². The highest BCUT2D eigenvalue weighted by molar-refractivity contribution is 7.92. The lowest BCUT2D eigenvalue weighted by molar-refractivity contribution is -0.150. The van der Waals surface area contributed by atoms with Crippen LogP contribution in [-0.2, 0) is 29.0 Å². The lowest BCUT2D eigenvalue weighted by atomic mass is 9.66. The first-order valence-electron chi connectivity index (χ1n) is 18.2. The van der Waals surface area contributed by atoms with Crippen molar-refractivity contribution in [2.75, 3.05) is 12.3 Å².